The molecule has 0 unspecified atom stereocenters. The number of thiazole rings is 1. The van der Waals surface area contributed by atoms with E-state index in [1.165, 1.54) is 35.2 Å². The number of amides is 1. The van der Waals surface area contributed by atoms with Crippen molar-refractivity contribution in [1.29, 1.82) is 0 Å². The van der Waals surface area contributed by atoms with E-state index in [0.717, 1.165) is 51.8 Å². The standard InChI is InChI=1S/C31H29N3O4S3/c1-38-22-11-13-23(14-12-22)41(36,37)18-16-28(35)33-31-29(30-32-25-9-5-6-10-26(25)39-30)24-15-17-34(20-27(24)40-31)19-21-7-3-2-4-8-21/h2-14H,15-20H2,1H3,(H,33,35). The highest BCUT2D eigenvalue weighted by molar-refractivity contribution is 7.91. The van der Waals surface area contributed by atoms with Crippen molar-refractivity contribution >= 4 is 53.6 Å². The van der Waals surface area contributed by atoms with Crippen LogP contribution in [0.1, 0.15) is 22.4 Å². The molecule has 3 heterocycles. The Hall–Kier alpha value is -3.57. The molecule has 1 aliphatic rings. The third-order valence-electron chi connectivity index (χ3n) is 7.16. The van der Waals surface area contributed by atoms with E-state index in [1.807, 2.05) is 24.3 Å². The minimum atomic E-state index is -3.62. The number of nitrogens with one attached hydrogen (secondary N) is 1. The van der Waals surface area contributed by atoms with Gasteiger partial charge < -0.3 is 10.1 Å². The average molecular weight is 604 g/mol. The van der Waals surface area contributed by atoms with Crippen LogP contribution in [0.5, 0.6) is 5.75 Å². The average Bonchev–Trinajstić information content (AvgIpc) is 3.57. The third-order valence-corrected chi connectivity index (χ3v) is 11.1. The van der Waals surface area contributed by atoms with Crippen LogP contribution in [-0.2, 0) is 34.1 Å². The second-order valence-corrected chi connectivity index (χ2v) is 14.2. The van der Waals surface area contributed by atoms with Gasteiger partial charge in [-0.3, -0.25) is 9.69 Å². The summed E-state index contributed by atoms with van der Waals surface area (Å²) in [5, 5.41) is 4.68. The number of aromatic nitrogens is 1. The molecule has 3 aromatic carbocycles. The molecule has 0 bridgehead atoms. The molecule has 0 spiro atoms. The maximum atomic E-state index is 13.1. The molecule has 7 nitrogen and oxygen atoms in total. The van der Waals surface area contributed by atoms with Crippen LogP contribution in [0.15, 0.2) is 83.8 Å². The minimum absolute atomic E-state index is 0.143. The Morgan fingerprint density at radius 2 is 1.76 bits per heavy atom. The van der Waals surface area contributed by atoms with E-state index in [1.54, 1.807) is 34.8 Å². The fourth-order valence-corrected chi connectivity index (χ4v) is 8.70. The maximum Gasteiger partial charge on any atom is 0.226 e. The van der Waals surface area contributed by atoms with E-state index in [9.17, 15) is 13.2 Å². The van der Waals surface area contributed by atoms with Gasteiger partial charge in [0.25, 0.3) is 0 Å². The molecule has 210 valence electrons. The van der Waals surface area contributed by atoms with Gasteiger partial charge in [0.15, 0.2) is 9.84 Å². The van der Waals surface area contributed by atoms with Crippen LogP contribution in [0.4, 0.5) is 5.00 Å². The van der Waals surface area contributed by atoms with Gasteiger partial charge >= 0.3 is 0 Å². The Labute approximate surface area is 247 Å². The molecule has 1 N–H and O–H groups in total. The highest BCUT2D eigenvalue weighted by atomic mass is 32.2. The Balaban J connectivity index is 1.25. The van der Waals surface area contributed by atoms with E-state index in [2.05, 4.69) is 40.5 Å². The summed E-state index contributed by atoms with van der Waals surface area (Å²) in [4.78, 5) is 21.9. The van der Waals surface area contributed by atoms with Gasteiger partial charge in [0.05, 0.1) is 28.0 Å². The summed E-state index contributed by atoms with van der Waals surface area (Å²) in [7, 11) is -2.09. The van der Waals surface area contributed by atoms with E-state index in [4.69, 9.17) is 9.72 Å². The number of nitrogens with zero attached hydrogens (tertiary/aromatic N) is 2. The van der Waals surface area contributed by atoms with Crippen LogP contribution < -0.4 is 10.1 Å². The summed E-state index contributed by atoms with van der Waals surface area (Å²) in [5.41, 5.74) is 4.39. The highest BCUT2D eigenvalue weighted by Crippen LogP contribution is 2.46. The van der Waals surface area contributed by atoms with Crippen molar-refractivity contribution in [3.05, 3.63) is 94.9 Å². The lowest BCUT2D eigenvalue weighted by Gasteiger charge is -2.27. The Morgan fingerprint density at radius 3 is 2.51 bits per heavy atom. The van der Waals surface area contributed by atoms with Crippen molar-refractivity contribution in [1.82, 2.24) is 9.88 Å². The number of hydrogen-bond acceptors (Lipinski definition) is 8. The number of methoxy groups -OCH3 is 1. The largest absolute Gasteiger partial charge is 0.497 e. The third kappa shape index (κ3) is 6.06. The summed E-state index contributed by atoms with van der Waals surface area (Å²) in [6.45, 7) is 2.55. The summed E-state index contributed by atoms with van der Waals surface area (Å²) < 4.78 is 32.0. The summed E-state index contributed by atoms with van der Waals surface area (Å²) in [5.74, 6) is -0.0327. The molecule has 10 heteroatoms. The van der Waals surface area contributed by atoms with Crippen LogP contribution in [-0.4, -0.2) is 43.6 Å². The van der Waals surface area contributed by atoms with Gasteiger partial charge in [-0.25, -0.2) is 13.4 Å². The molecule has 41 heavy (non-hydrogen) atoms. The zero-order valence-electron chi connectivity index (χ0n) is 22.5. The van der Waals surface area contributed by atoms with E-state index in [-0.39, 0.29) is 23.0 Å². The number of para-hydroxylation sites is 1. The van der Waals surface area contributed by atoms with Crippen molar-refractivity contribution < 1.29 is 17.9 Å². The number of rotatable bonds is 9. The number of anilines is 1. The predicted octanol–water partition coefficient (Wildman–Crippen LogP) is 6.39. The van der Waals surface area contributed by atoms with Crippen LogP contribution in [0, 0.1) is 0 Å². The molecule has 1 aliphatic heterocycles. The number of carbonyl (C=O) groups is 1. The van der Waals surface area contributed by atoms with Crippen molar-refractivity contribution in [2.75, 3.05) is 24.7 Å². The molecule has 0 atom stereocenters. The Kier molecular flexibility index (Phi) is 7.90. The first-order chi connectivity index (χ1) is 19.9. The quantitative estimate of drug-likeness (QED) is 0.210. The Morgan fingerprint density at radius 1 is 1.00 bits per heavy atom. The van der Waals surface area contributed by atoms with Gasteiger partial charge in [-0.15, -0.1) is 22.7 Å². The molecule has 0 radical (unpaired) electrons. The van der Waals surface area contributed by atoms with Gasteiger partial charge in [-0.2, -0.15) is 0 Å². The number of hydrogen-bond donors (Lipinski definition) is 1. The van der Waals surface area contributed by atoms with Crippen molar-refractivity contribution in [3.8, 4) is 16.3 Å². The van der Waals surface area contributed by atoms with Crippen LogP contribution in [0.25, 0.3) is 20.8 Å². The van der Waals surface area contributed by atoms with Gasteiger partial charge in [-0.05, 0) is 53.9 Å². The predicted molar refractivity (Wildman–Crippen MR) is 165 cm³/mol. The molecule has 1 amide bonds. The van der Waals surface area contributed by atoms with E-state index < -0.39 is 9.84 Å². The normalized spacial score (nSPS) is 13.7. The van der Waals surface area contributed by atoms with Crippen LogP contribution >= 0.6 is 22.7 Å². The monoisotopic (exact) mass is 603 g/mol. The first-order valence-electron chi connectivity index (χ1n) is 13.3. The second-order valence-electron chi connectivity index (χ2n) is 9.93. The zero-order valence-corrected chi connectivity index (χ0v) is 24.9. The summed E-state index contributed by atoms with van der Waals surface area (Å²) >= 11 is 3.19. The van der Waals surface area contributed by atoms with Gasteiger partial charge in [-0.1, -0.05) is 42.5 Å². The van der Waals surface area contributed by atoms with Gasteiger partial charge in [0, 0.05) is 36.5 Å². The lowest BCUT2D eigenvalue weighted by atomic mass is 10.0. The Bertz CT molecular complexity index is 1760. The minimum Gasteiger partial charge on any atom is -0.497 e. The topological polar surface area (TPSA) is 88.6 Å². The molecule has 2 aromatic heterocycles. The van der Waals surface area contributed by atoms with Crippen molar-refractivity contribution in [2.45, 2.75) is 30.8 Å². The lowest BCUT2D eigenvalue weighted by molar-refractivity contribution is -0.115. The van der Waals surface area contributed by atoms with Crippen LogP contribution in [0.2, 0.25) is 0 Å². The fraction of sp³-hybridized carbons (Fsp3) is 0.226. The molecule has 0 fully saturated rings. The van der Waals surface area contributed by atoms with Gasteiger partial charge in [0.1, 0.15) is 15.8 Å². The van der Waals surface area contributed by atoms with Crippen molar-refractivity contribution in [2.24, 2.45) is 0 Å². The molecule has 0 aliphatic carbocycles. The first-order valence-corrected chi connectivity index (χ1v) is 16.6. The van der Waals surface area contributed by atoms with E-state index in [0.29, 0.717) is 5.75 Å². The lowest BCUT2D eigenvalue weighted by Crippen LogP contribution is -2.29. The molecule has 0 saturated heterocycles. The number of thiophene rings is 1. The van der Waals surface area contributed by atoms with Crippen LogP contribution in [0.3, 0.4) is 0 Å². The molecule has 6 rings (SSSR count). The zero-order chi connectivity index (χ0) is 28.4. The smallest absolute Gasteiger partial charge is 0.226 e. The maximum absolute atomic E-state index is 13.1. The van der Waals surface area contributed by atoms with Gasteiger partial charge in [0.2, 0.25) is 5.91 Å². The molecular formula is C31H29N3O4S3. The highest BCUT2D eigenvalue weighted by Gasteiger charge is 2.28. The second kappa shape index (κ2) is 11.7. The molecule has 5 aromatic rings. The molecule has 0 saturated carbocycles. The summed E-state index contributed by atoms with van der Waals surface area (Å²) in [6, 6.07) is 24.7. The molecular weight excluding hydrogens is 575 g/mol. The first kappa shape index (κ1) is 27.6. The number of sulfone groups is 1. The number of carbonyl (C=O) groups excluding carboxylic acids is 1. The van der Waals surface area contributed by atoms with E-state index >= 15 is 0 Å². The SMILES string of the molecule is COc1ccc(S(=O)(=O)CCC(=O)Nc2sc3c(c2-c2nc4ccccc4s2)CCN(Cc2ccccc2)C3)cc1. The fourth-order valence-electron chi connectivity index (χ4n) is 5.04. The number of fused-ring (bicyclic) bond motifs is 2. The summed E-state index contributed by atoms with van der Waals surface area (Å²) in [6.07, 6.45) is 0.710. The number of ether oxygens (including phenoxy) is 1. The van der Waals surface area contributed by atoms with Crippen molar-refractivity contribution in [3.63, 3.8) is 0 Å². The number of benzene rings is 3.